The Labute approximate surface area is 125 Å². The second-order valence-electron chi connectivity index (χ2n) is 4.61. The molecule has 110 valence electrons. The molecule has 1 amide bonds. The maximum absolute atomic E-state index is 13.5. The molecule has 0 aliphatic rings. The minimum atomic E-state index is -0.413. The van der Waals surface area contributed by atoms with Gasteiger partial charge in [-0.05, 0) is 23.8 Å². The lowest BCUT2D eigenvalue weighted by atomic mass is 10.1. The highest BCUT2D eigenvalue weighted by molar-refractivity contribution is 5.91. The van der Waals surface area contributed by atoms with Crippen molar-refractivity contribution in [3.63, 3.8) is 0 Å². The van der Waals surface area contributed by atoms with Gasteiger partial charge >= 0.3 is 0 Å². The number of carbonyl (C=O) groups excluding carboxylic acids is 1. The summed E-state index contributed by atoms with van der Waals surface area (Å²) in [5, 5.41) is 6.38. The van der Waals surface area contributed by atoms with Crippen molar-refractivity contribution >= 4 is 11.8 Å². The molecule has 1 N–H and O–H groups in total. The standard InChI is InChI=1S/C16H12FN3O2/c17-12-6-2-1-5-11(12)9-15(21)19-16-10-14(20-22-16)13-7-3-4-8-18-13/h1-8,10H,9H2,(H,19,21). The van der Waals surface area contributed by atoms with Crippen LogP contribution in [0.3, 0.4) is 0 Å². The Kier molecular flexibility index (Phi) is 3.91. The SMILES string of the molecule is O=C(Cc1ccccc1F)Nc1cc(-c2ccccn2)no1. The quantitative estimate of drug-likeness (QED) is 0.803. The third-order valence-corrected chi connectivity index (χ3v) is 3.01. The van der Waals surface area contributed by atoms with Crippen LogP contribution < -0.4 is 5.32 Å². The van der Waals surface area contributed by atoms with Crippen LogP contribution in [0.15, 0.2) is 59.3 Å². The molecule has 0 radical (unpaired) electrons. The van der Waals surface area contributed by atoms with Crippen molar-refractivity contribution in [3.8, 4) is 11.4 Å². The minimum Gasteiger partial charge on any atom is -0.338 e. The molecule has 2 heterocycles. The van der Waals surface area contributed by atoms with Crippen molar-refractivity contribution < 1.29 is 13.7 Å². The molecule has 2 aromatic heterocycles. The second kappa shape index (κ2) is 6.17. The molecule has 3 rings (SSSR count). The molecule has 0 atom stereocenters. The third kappa shape index (κ3) is 3.17. The van der Waals surface area contributed by atoms with E-state index >= 15 is 0 Å². The Balaban J connectivity index is 1.68. The normalized spacial score (nSPS) is 10.4. The number of hydrogen-bond acceptors (Lipinski definition) is 4. The molecule has 3 aromatic rings. The topological polar surface area (TPSA) is 68.0 Å². The molecule has 0 saturated heterocycles. The smallest absolute Gasteiger partial charge is 0.231 e. The Morgan fingerprint density at radius 1 is 1.14 bits per heavy atom. The fourth-order valence-corrected chi connectivity index (χ4v) is 1.97. The van der Waals surface area contributed by atoms with Crippen LogP contribution >= 0.6 is 0 Å². The van der Waals surface area contributed by atoms with Gasteiger partial charge in [0.15, 0.2) is 0 Å². The highest BCUT2D eigenvalue weighted by atomic mass is 19.1. The van der Waals surface area contributed by atoms with Crippen LogP contribution in [0, 0.1) is 5.82 Å². The van der Waals surface area contributed by atoms with Crippen LogP contribution in [0.25, 0.3) is 11.4 Å². The van der Waals surface area contributed by atoms with Crippen LogP contribution in [0.5, 0.6) is 0 Å². The zero-order valence-corrected chi connectivity index (χ0v) is 11.5. The van der Waals surface area contributed by atoms with Gasteiger partial charge in [0.2, 0.25) is 11.8 Å². The Hall–Kier alpha value is -3.02. The summed E-state index contributed by atoms with van der Waals surface area (Å²) in [7, 11) is 0. The number of carbonyl (C=O) groups is 1. The number of halogens is 1. The Morgan fingerprint density at radius 3 is 2.73 bits per heavy atom. The summed E-state index contributed by atoms with van der Waals surface area (Å²) in [6, 6.07) is 13.1. The zero-order valence-electron chi connectivity index (χ0n) is 11.5. The summed E-state index contributed by atoms with van der Waals surface area (Å²) in [6.07, 6.45) is 1.56. The molecule has 0 aliphatic carbocycles. The summed E-state index contributed by atoms with van der Waals surface area (Å²) < 4.78 is 18.5. The van der Waals surface area contributed by atoms with Gasteiger partial charge in [0, 0.05) is 12.3 Å². The van der Waals surface area contributed by atoms with Crippen molar-refractivity contribution in [2.75, 3.05) is 5.32 Å². The van der Waals surface area contributed by atoms with E-state index in [1.54, 1.807) is 42.6 Å². The summed E-state index contributed by atoms with van der Waals surface area (Å²) in [4.78, 5) is 16.0. The minimum absolute atomic E-state index is 0.0771. The largest absolute Gasteiger partial charge is 0.338 e. The van der Waals surface area contributed by atoms with E-state index in [9.17, 15) is 9.18 Å². The Morgan fingerprint density at radius 2 is 1.95 bits per heavy atom. The monoisotopic (exact) mass is 297 g/mol. The molecule has 0 bridgehead atoms. The van der Waals surface area contributed by atoms with Gasteiger partial charge in [0.1, 0.15) is 11.5 Å². The molecular formula is C16H12FN3O2. The number of nitrogens with one attached hydrogen (secondary N) is 1. The zero-order chi connectivity index (χ0) is 15.4. The molecule has 0 fully saturated rings. The first-order valence-electron chi connectivity index (χ1n) is 6.64. The molecule has 0 unspecified atom stereocenters. The van der Waals surface area contributed by atoms with E-state index in [1.165, 1.54) is 6.07 Å². The summed E-state index contributed by atoms with van der Waals surface area (Å²) >= 11 is 0. The number of benzene rings is 1. The van der Waals surface area contributed by atoms with E-state index < -0.39 is 5.82 Å². The van der Waals surface area contributed by atoms with Gasteiger partial charge in [-0.25, -0.2) is 4.39 Å². The van der Waals surface area contributed by atoms with E-state index in [2.05, 4.69) is 15.5 Å². The Bertz CT molecular complexity index is 787. The van der Waals surface area contributed by atoms with Crippen molar-refractivity contribution in [1.82, 2.24) is 10.1 Å². The van der Waals surface area contributed by atoms with Crippen LogP contribution in [0.1, 0.15) is 5.56 Å². The maximum atomic E-state index is 13.5. The first kappa shape index (κ1) is 13.9. The lowest BCUT2D eigenvalue weighted by Gasteiger charge is -2.02. The average molecular weight is 297 g/mol. The van der Waals surface area contributed by atoms with Crippen molar-refractivity contribution in [2.45, 2.75) is 6.42 Å². The molecule has 0 spiro atoms. The van der Waals surface area contributed by atoms with E-state index in [0.29, 0.717) is 17.0 Å². The van der Waals surface area contributed by atoms with Gasteiger partial charge in [-0.2, -0.15) is 0 Å². The average Bonchev–Trinajstić information content (AvgIpc) is 2.99. The molecular weight excluding hydrogens is 285 g/mol. The highest BCUT2D eigenvalue weighted by Gasteiger charge is 2.12. The number of amides is 1. The van der Waals surface area contributed by atoms with E-state index in [0.717, 1.165) is 0 Å². The number of aromatic nitrogens is 2. The molecule has 22 heavy (non-hydrogen) atoms. The molecule has 0 saturated carbocycles. The van der Waals surface area contributed by atoms with Crippen LogP contribution in [-0.2, 0) is 11.2 Å². The van der Waals surface area contributed by atoms with Gasteiger partial charge in [0.05, 0.1) is 12.1 Å². The predicted molar refractivity (Wildman–Crippen MR) is 78.5 cm³/mol. The van der Waals surface area contributed by atoms with Gasteiger partial charge in [-0.3, -0.25) is 15.1 Å². The lowest BCUT2D eigenvalue weighted by Crippen LogP contribution is -2.14. The van der Waals surface area contributed by atoms with Crippen LogP contribution in [0.4, 0.5) is 10.3 Å². The van der Waals surface area contributed by atoms with Gasteiger partial charge in [-0.15, -0.1) is 0 Å². The number of nitrogens with zero attached hydrogens (tertiary/aromatic N) is 2. The lowest BCUT2D eigenvalue weighted by molar-refractivity contribution is -0.115. The molecule has 6 heteroatoms. The second-order valence-corrected chi connectivity index (χ2v) is 4.61. The van der Waals surface area contributed by atoms with Gasteiger partial charge in [0.25, 0.3) is 0 Å². The number of anilines is 1. The highest BCUT2D eigenvalue weighted by Crippen LogP contribution is 2.19. The van der Waals surface area contributed by atoms with Gasteiger partial charge < -0.3 is 4.52 Å². The van der Waals surface area contributed by atoms with Crippen LogP contribution in [0.2, 0.25) is 0 Å². The predicted octanol–water partition coefficient (Wildman–Crippen LogP) is 3.06. The fourth-order valence-electron chi connectivity index (χ4n) is 1.97. The van der Waals surface area contributed by atoms with Gasteiger partial charge in [-0.1, -0.05) is 29.4 Å². The number of pyridine rings is 1. The molecule has 0 aliphatic heterocycles. The first-order valence-corrected chi connectivity index (χ1v) is 6.64. The third-order valence-electron chi connectivity index (χ3n) is 3.01. The summed E-state index contributed by atoms with van der Waals surface area (Å²) in [6.45, 7) is 0. The number of rotatable bonds is 4. The van der Waals surface area contributed by atoms with Crippen LogP contribution in [-0.4, -0.2) is 16.0 Å². The fraction of sp³-hybridized carbons (Fsp3) is 0.0625. The van der Waals surface area contributed by atoms with Crippen molar-refractivity contribution in [2.24, 2.45) is 0 Å². The summed E-state index contributed by atoms with van der Waals surface area (Å²) in [5.41, 5.74) is 1.48. The maximum Gasteiger partial charge on any atom is 0.231 e. The van der Waals surface area contributed by atoms with E-state index in [4.69, 9.17) is 4.52 Å². The first-order chi connectivity index (χ1) is 10.7. The number of hydrogen-bond donors (Lipinski definition) is 1. The molecule has 1 aromatic carbocycles. The van der Waals surface area contributed by atoms with Crippen molar-refractivity contribution in [1.29, 1.82) is 0 Å². The summed E-state index contributed by atoms with van der Waals surface area (Å²) in [5.74, 6) is -0.597. The van der Waals surface area contributed by atoms with E-state index in [-0.39, 0.29) is 18.2 Å². The van der Waals surface area contributed by atoms with E-state index in [1.807, 2.05) is 6.07 Å². The van der Waals surface area contributed by atoms with Crippen molar-refractivity contribution in [3.05, 3.63) is 66.1 Å². The molecule has 5 nitrogen and oxygen atoms in total.